The fourth-order valence-corrected chi connectivity index (χ4v) is 1.95. The highest BCUT2D eigenvalue weighted by molar-refractivity contribution is 6.00. The molecule has 3 heteroatoms. The van der Waals surface area contributed by atoms with E-state index >= 15 is 0 Å². The standard InChI is InChI=1S/C18H30N2O/c1-7-14-21-19-17(12-13-20(5)6)15-8-10-16(11-9-15)18(2,3)4/h8-11H,7,12-14H2,1-6H3/b19-17+. The summed E-state index contributed by atoms with van der Waals surface area (Å²) in [6.45, 7) is 10.4. The first-order valence-corrected chi connectivity index (χ1v) is 7.79. The first-order chi connectivity index (χ1) is 9.84. The Bertz CT molecular complexity index is 441. The molecule has 0 aromatic heterocycles. The van der Waals surface area contributed by atoms with Crippen molar-refractivity contribution in [3.05, 3.63) is 35.4 Å². The van der Waals surface area contributed by atoms with E-state index in [1.807, 2.05) is 0 Å². The van der Waals surface area contributed by atoms with Gasteiger partial charge in [-0.1, -0.05) is 57.1 Å². The number of hydrogen-bond donors (Lipinski definition) is 0. The van der Waals surface area contributed by atoms with Crippen LogP contribution in [0.1, 0.15) is 51.7 Å². The Hall–Kier alpha value is -1.35. The third-order valence-corrected chi connectivity index (χ3v) is 3.35. The summed E-state index contributed by atoms with van der Waals surface area (Å²) >= 11 is 0. The van der Waals surface area contributed by atoms with E-state index in [1.54, 1.807) is 0 Å². The van der Waals surface area contributed by atoms with Crippen molar-refractivity contribution in [1.82, 2.24) is 4.90 Å². The Morgan fingerprint density at radius 1 is 1.14 bits per heavy atom. The van der Waals surface area contributed by atoms with Crippen molar-refractivity contribution < 1.29 is 4.84 Å². The second kappa shape index (κ2) is 8.18. The predicted octanol–water partition coefficient (Wildman–Crippen LogP) is 4.07. The normalized spacial score (nSPS) is 12.8. The van der Waals surface area contributed by atoms with Crippen LogP contribution in [0.3, 0.4) is 0 Å². The van der Waals surface area contributed by atoms with Gasteiger partial charge in [0.2, 0.25) is 0 Å². The van der Waals surface area contributed by atoms with Gasteiger partial charge in [-0.15, -0.1) is 0 Å². The number of nitrogens with zero attached hydrogens (tertiary/aromatic N) is 2. The summed E-state index contributed by atoms with van der Waals surface area (Å²) in [5.41, 5.74) is 3.70. The molecule has 0 atom stereocenters. The van der Waals surface area contributed by atoms with Crippen LogP contribution in [0.15, 0.2) is 29.4 Å². The van der Waals surface area contributed by atoms with E-state index in [-0.39, 0.29) is 5.41 Å². The smallest absolute Gasteiger partial charge is 0.116 e. The summed E-state index contributed by atoms with van der Waals surface area (Å²) in [7, 11) is 4.15. The van der Waals surface area contributed by atoms with Crippen LogP contribution in [-0.2, 0) is 10.3 Å². The van der Waals surface area contributed by atoms with Gasteiger partial charge in [0, 0.05) is 13.0 Å². The molecule has 1 aromatic rings. The highest BCUT2D eigenvalue weighted by Crippen LogP contribution is 2.22. The van der Waals surface area contributed by atoms with Gasteiger partial charge in [-0.05, 0) is 37.1 Å². The number of benzene rings is 1. The minimum atomic E-state index is 0.179. The predicted molar refractivity (Wildman–Crippen MR) is 91.1 cm³/mol. The molecule has 0 unspecified atom stereocenters. The zero-order chi connectivity index (χ0) is 15.9. The van der Waals surface area contributed by atoms with Crippen molar-refractivity contribution >= 4 is 5.71 Å². The quantitative estimate of drug-likeness (QED) is 0.429. The van der Waals surface area contributed by atoms with Crippen molar-refractivity contribution in [3.8, 4) is 0 Å². The van der Waals surface area contributed by atoms with Gasteiger partial charge in [0.25, 0.3) is 0 Å². The van der Waals surface area contributed by atoms with E-state index in [9.17, 15) is 0 Å². The molecule has 0 radical (unpaired) electrons. The zero-order valence-electron chi connectivity index (χ0n) is 14.4. The molecule has 0 aliphatic carbocycles. The summed E-state index contributed by atoms with van der Waals surface area (Å²) in [5.74, 6) is 0. The highest BCUT2D eigenvalue weighted by atomic mass is 16.6. The lowest BCUT2D eigenvalue weighted by Crippen LogP contribution is -2.18. The minimum absolute atomic E-state index is 0.179. The molecule has 0 amide bonds. The Balaban J connectivity index is 2.89. The largest absolute Gasteiger partial charge is 0.396 e. The molecule has 1 rings (SSSR count). The molecule has 3 nitrogen and oxygen atoms in total. The Morgan fingerprint density at radius 2 is 1.76 bits per heavy atom. The lowest BCUT2D eigenvalue weighted by atomic mass is 9.86. The van der Waals surface area contributed by atoms with Gasteiger partial charge in [0.15, 0.2) is 0 Å². The molecule has 0 N–H and O–H groups in total. The Morgan fingerprint density at radius 3 is 2.24 bits per heavy atom. The van der Waals surface area contributed by atoms with Crippen LogP contribution in [-0.4, -0.2) is 37.9 Å². The van der Waals surface area contributed by atoms with Gasteiger partial charge in [0.1, 0.15) is 6.61 Å². The van der Waals surface area contributed by atoms with Crippen molar-refractivity contribution in [2.45, 2.75) is 46.0 Å². The number of oxime groups is 1. The lowest BCUT2D eigenvalue weighted by Gasteiger charge is -2.19. The topological polar surface area (TPSA) is 24.8 Å². The minimum Gasteiger partial charge on any atom is -0.396 e. The fourth-order valence-electron chi connectivity index (χ4n) is 1.95. The van der Waals surface area contributed by atoms with Crippen LogP contribution in [0.2, 0.25) is 0 Å². The van der Waals surface area contributed by atoms with Crippen molar-refractivity contribution in [2.24, 2.45) is 5.16 Å². The third-order valence-electron chi connectivity index (χ3n) is 3.35. The fraction of sp³-hybridized carbons (Fsp3) is 0.611. The molecule has 0 saturated heterocycles. The Kier molecular flexibility index (Phi) is 6.90. The maximum Gasteiger partial charge on any atom is 0.116 e. The van der Waals surface area contributed by atoms with Gasteiger partial charge < -0.3 is 9.74 Å². The summed E-state index contributed by atoms with van der Waals surface area (Å²) < 4.78 is 0. The molecule has 21 heavy (non-hydrogen) atoms. The molecule has 0 spiro atoms. The van der Waals surface area contributed by atoms with E-state index in [0.717, 1.165) is 30.7 Å². The van der Waals surface area contributed by atoms with Crippen LogP contribution < -0.4 is 0 Å². The molecular weight excluding hydrogens is 260 g/mol. The second-order valence-electron chi connectivity index (χ2n) is 6.75. The average Bonchev–Trinajstić information content (AvgIpc) is 2.41. The van der Waals surface area contributed by atoms with Crippen LogP contribution in [0.5, 0.6) is 0 Å². The highest BCUT2D eigenvalue weighted by Gasteiger charge is 2.14. The summed E-state index contributed by atoms with van der Waals surface area (Å²) in [5, 5.41) is 4.34. The molecular formula is C18H30N2O. The van der Waals surface area contributed by atoms with Crippen LogP contribution in [0.25, 0.3) is 0 Å². The maximum absolute atomic E-state index is 5.40. The first-order valence-electron chi connectivity index (χ1n) is 7.79. The van der Waals surface area contributed by atoms with Gasteiger partial charge in [-0.2, -0.15) is 0 Å². The van der Waals surface area contributed by atoms with E-state index in [2.05, 4.69) is 76.1 Å². The van der Waals surface area contributed by atoms with Gasteiger partial charge in [-0.3, -0.25) is 0 Å². The van der Waals surface area contributed by atoms with E-state index in [1.165, 1.54) is 5.56 Å². The van der Waals surface area contributed by atoms with Gasteiger partial charge >= 0.3 is 0 Å². The van der Waals surface area contributed by atoms with Gasteiger partial charge in [-0.25, -0.2) is 0 Å². The lowest BCUT2D eigenvalue weighted by molar-refractivity contribution is 0.144. The van der Waals surface area contributed by atoms with E-state index in [4.69, 9.17) is 4.84 Å². The molecule has 0 heterocycles. The van der Waals surface area contributed by atoms with Gasteiger partial charge in [0.05, 0.1) is 5.71 Å². The molecule has 0 saturated carbocycles. The molecule has 0 fully saturated rings. The second-order valence-corrected chi connectivity index (χ2v) is 6.75. The van der Waals surface area contributed by atoms with Crippen LogP contribution in [0.4, 0.5) is 0 Å². The number of rotatable bonds is 7. The SMILES string of the molecule is CCCO/N=C(\CCN(C)C)c1ccc(C(C)(C)C)cc1. The van der Waals surface area contributed by atoms with Crippen molar-refractivity contribution in [3.63, 3.8) is 0 Å². The molecule has 0 aliphatic heterocycles. The average molecular weight is 290 g/mol. The first kappa shape index (κ1) is 17.7. The summed E-state index contributed by atoms with van der Waals surface area (Å²) in [4.78, 5) is 7.56. The molecule has 0 bridgehead atoms. The van der Waals surface area contributed by atoms with Crippen LogP contribution >= 0.6 is 0 Å². The summed E-state index contributed by atoms with van der Waals surface area (Å²) in [6.07, 6.45) is 1.87. The van der Waals surface area contributed by atoms with Crippen LogP contribution in [0, 0.1) is 0 Å². The monoisotopic (exact) mass is 290 g/mol. The number of hydrogen-bond acceptors (Lipinski definition) is 3. The zero-order valence-corrected chi connectivity index (χ0v) is 14.4. The summed E-state index contributed by atoms with van der Waals surface area (Å²) in [6, 6.07) is 8.70. The Labute approximate surface area is 130 Å². The van der Waals surface area contributed by atoms with Crippen molar-refractivity contribution in [2.75, 3.05) is 27.2 Å². The van der Waals surface area contributed by atoms with E-state index < -0.39 is 0 Å². The maximum atomic E-state index is 5.40. The third kappa shape index (κ3) is 6.30. The van der Waals surface area contributed by atoms with E-state index in [0.29, 0.717) is 6.61 Å². The van der Waals surface area contributed by atoms with Crippen molar-refractivity contribution in [1.29, 1.82) is 0 Å². The molecule has 118 valence electrons. The molecule has 1 aromatic carbocycles. The molecule has 0 aliphatic rings.